The molecular formula is C17H16N4OS2. The van der Waals surface area contributed by atoms with E-state index in [0.717, 1.165) is 33.7 Å². The van der Waals surface area contributed by atoms with Crippen LogP contribution in [-0.2, 0) is 11.2 Å². The first-order chi connectivity index (χ1) is 11.5. The molecular weight excluding hydrogens is 340 g/mol. The van der Waals surface area contributed by atoms with Gasteiger partial charge in [-0.15, -0.1) is 11.3 Å². The van der Waals surface area contributed by atoms with E-state index in [1.165, 1.54) is 0 Å². The molecule has 1 saturated heterocycles. The highest BCUT2D eigenvalue weighted by molar-refractivity contribution is 7.94. The Hall–Kier alpha value is -1.88. The average molecular weight is 356 g/mol. The predicted molar refractivity (Wildman–Crippen MR) is 95.6 cm³/mol. The highest BCUT2D eigenvalue weighted by atomic mass is 32.2. The van der Waals surface area contributed by atoms with Crippen molar-refractivity contribution in [1.29, 1.82) is 10.7 Å². The zero-order valence-corrected chi connectivity index (χ0v) is 14.8. The number of pyridine rings is 1. The van der Waals surface area contributed by atoms with Crippen molar-refractivity contribution in [2.75, 3.05) is 5.75 Å². The molecule has 0 bridgehead atoms. The van der Waals surface area contributed by atoms with Crippen LogP contribution in [0.2, 0.25) is 0 Å². The van der Waals surface area contributed by atoms with E-state index in [9.17, 15) is 4.55 Å². The molecule has 24 heavy (non-hydrogen) atoms. The van der Waals surface area contributed by atoms with Crippen molar-refractivity contribution in [3.05, 3.63) is 40.5 Å². The molecule has 2 atom stereocenters. The van der Waals surface area contributed by atoms with Crippen molar-refractivity contribution in [2.24, 2.45) is 0 Å². The lowest BCUT2D eigenvalue weighted by Crippen LogP contribution is -2.51. The van der Waals surface area contributed by atoms with Gasteiger partial charge in [-0.1, -0.05) is 0 Å². The minimum Gasteiger partial charge on any atom is -0.616 e. The molecule has 0 aromatic carbocycles. The van der Waals surface area contributed by atoms with Gasteiger partial charge in [0, 0.05) is 40.6 Å². The number of aryl methyl sites for hydroxylation is 1. The Kier molecular flexibility index (Phi) is 3.64. The molecule has 0 radical (unpaired) electrons. The molecule has 122 valence electrons. The summed E-state index contributed by atoms with van der Waals surface area (Å²) in [5.74, 6) is 0.985. The first-order valence-corrected chi connectivity index (χ1v) is 9.87. The number of nitrogens with zero attached hydrogens (tertiary/aromatic N) is 2. The molecule has 7 heteroatoms. The molecule has 2 aromatic heterocycles. The summed E-state index contributed by atoms with van der Waals surface area (Å²) in [7, 11) is 0. The maximum absolute atomic E-state index is 12.5. The van der Waals surface area contributed by atoms with Gasteiger partial charge in [0.25, 0.3) is 0 Å². The minimum atomic E-state index is -0.984. The Bertz CT molecular complexity index is 866. The fraction of sp³-hybridized carbons (Fsp3) is 0.353. The third-order valence-electron chi connectivity index (χ3n) is 4.66. The van der Waals surface area contributed by atoms with Gasteiger partial charge in [0.15, 0.2) is 10.6 Å². The molecule has 2 N–H and O–H groups in total. The fourth-order valence-electron chi connectivity index (χ4n) is 3.12. The average Bonchev–Trinajstić information content (AvgIpc) is 3.30. The largest absolute Gasteiger partial charge is 0.616 e. The van der Waals surface area contributed by atoms with Crippen LogP contribution in [0.1, 0.15) is 34.9 Å². The van der Waals surface area contributed by atoms with Crippen molar-refractivity contribution < 1.29 is 4.55 Å². The molecule has 1 spiro atoms. The second-order valence-electron chi connectivity index (χ2n) is 6.31. The Morgan fingerprint density at radius 2 is 2.25 bits per heavy atom. The van der Waals surface area contributed by atoms with E-state index in [-0.39, 0.29) is 10.8 Å². The van der Waals surface area contributed by atoms with E-state index in [1.807, 2.05) is 13.0 Å². The molecule has 4 rings (SSSR count). The van der Waals surface area contributed by atoms with Crippen LogP contribution in [0.5, 0.6) is 0 Å². The van der Waals surface area contributed by atoms with Gasteiger partial charge >= 0.3 is 0 Å². The van der Waals surface area contributed by atoms with E-state index in [4.69, 9.17) is 10.7 Å². The van der Waals surface area contributed by atoms with Gasteiger partial charge in [0.1, 0.15) is 17.9 Å². The topological polar surface area (TPSA) is 95.6 Å². The Morgan fingerprint density at radius 1 is 1.46 bits per heavy atom. The van der Waals surface area contributed by atoms with E-state index in [2.05, 4.69) is 22.4 Å². The summed E-state index contributed by atoms with van der Waals surface area (Å²) >= 11 is 0.635. The number of rotatable bonds is 2. The van der Waals surface area contributed by atoms with E-state index < -0.39 is 11.2 Å². The van der Waals surface area contributed by atoms with Gasteiger partial charge in [0.05, 0.1) is 5.56 Å². The van der Waals surface area contributed by atoms with Crippen molar-refractivity contribution in [3.8, 4) is 16.5 Å². The van der Waals surface area contributed by atoms with Crippen LogP contribution >= 0.6 is 11.3 Å². The fourth-order valence-corrected chi connectivity index (χ4v) is 6.15. The van der Waals surface area contributed by atoms with Crippen molar-refractivity contribution in [2.45, 2.75) is 30.6 Å². The van der Waals surface area contributed by atoms with Crippen LogP contribution in [0.4, 0.5) is 0 Å². The van der Waals surface area contributed by atoms with Gasteiger partial charge in [-0.25, -0.2) is 0 Å². The maximum Gasteiger partial charge on any atom is 0.182 e. The number of thiophene rings is 1. The number of nitriles is 1. The van der Waals surface area contributed by atoms with Gasteiger partial charge in [-0.05, 0) is 35.8 Å². The first-order valence-electron chi connectivity index (χ1n) is 7.73. The lowest BCUT2D eigenvalue weighted by molar-refractivity contribution is 0.561. The summed E-state index contributed by atoms with van der Waals surface area (Å²) in [6, 6.07) is 5.94. The van der Waals surface area contributed by atoms with Crippen LogP contribution in [0.3, 0.4) is 0 Å². The minimum absolute atomic E-state index is 0.0737. The van der Waals surface area contributed by atoms with E-state index in [0.29, 0.717) is 17.2 Å². The number of nitrogens with one attached hydrogen (secondary N) is 2. The maximum atomic E-state index is 12.5. The quantitative estimate of drug-likeness (QED) is 0.809. The van der Waals surface area contributed by atoms with Crippen LogP contribution in [0.15, 0.2) is 24.5 Å². The molecule has 2 aliphatic rings. The molecule has 2 fully saturated rings. The zero-order valence-electron chi connectivity index (χ0n) is 13.1. The Morgan fingerprint density at radius 3 is 2.92 bits per heavy atom. The lowest BCUT2D eigenvalue weighted by atomic mass is 10.1. The van der Waals surface area contributed by atoms with Crippen LogP contribution in [0, 0.1) is 23.7 Å². The SMILES string of the molecule is Cc1cc(-c2cncc(C#N)c2)sc1C1C[S+]([O-])C2(CC2)C(=N)N1. The van der Waals surface area contributed by atoms with Gasteiger partial charge in [-0.2, -0.15) is 5.26 Å². The summed E-state index contributed by atoms with van der Waals surface area (Å²) < 4.78 is 12.2. The van der Waals surface area contributed by atoms with E-state index >= 15 is 0 Å². The first kappa shape index (κ1) is 15.6. The van der Waals surface area contributed by atoms with Crippen molar-refractivity contribution >= 4 is 28.3 Å². The van der Waals surface area contributed by atoms with E-state index in [1.54, 1.807) is 23.7 Å². The third kappa shape index (κ3) is 2.42. The summed E-state index contributed by atoms with van der Waals surface area (Å²) in [4.78, 5) is 6.27. The number of aromatic nitrogens is 1. The molecule has 2 aromatic rings. The zero-order chi connectivity index (χ0) is 16.9. The van der Waals surface area contributed by atoms with Crippen LogP contribution in [0.25, 0.3) is 10.4 Å². The second kappa shape index (κ2) is 5.59. The number of hydrogen-bond acceptors (Lipinski definition) is 5. The molecule has 2 unspecified atom stereocenters. The summed E-state index contributed by atoms with van der Waals surface area (Å²) in [5.41, 5.74) is 2.57. The van der Waals surface area contributed by atoms with Gasteiger partial charge in [0.2, 0.25) is 0 Å². The van der Waals surface area contributed by atoms with Gasteiger partial charge < -0.3 is 9.87 Å². The molecule has 3 heterocycles. The highest BCUT2D eigenvalue weighted by Crippen LogP contribution is 2.49. The molecule has 1 aliphatic carbocycles. The predicted octanol–water partition coefficient (Wildman–Crippen LogP) is 2.89. The smallest absolute Gasteiger partial charge is 0.182 e. The van der Waals surface area contributed by atoms with Crippen LogP contribution < -0.4 is 5.32 Å². The summed E-state index contributed by atoms with van der Waals surface area (Å²) in [5, 5.41) is 20.5. The molecule has 1 saturated carbocycles. The third-order valence-corrected chi connectivity index (χ3v) is 8.18. The summed E-state index contributed by atoms with van der Waals surface area (Å²) in [6.07, 6.45) is 5.02. The van der Waals surface area contributed by atoms with Crippen LogP contribution in [-0.4, -0.2) is 25.9 Å². The highest BCUT2D eigenvalue weighted by Gasteiger charge is 2.61. The van der Waals surface area contributed by atoms with Crippen molar-refractivity contribution in [1.82, 2.24) is 10.3 Å². The lowest BCUT2D eigenvalue weighted by Gasteiger charge is -2.33. The van der Waals surface area contributed by atoms with Crippen molar-refractivity contribution in [3.63, 3.8) is 0 Å². The second-order valence-corrected chi connectivity index (χ2v) is 9.20. The van der Waals surface area contributed by atoms with Gasteiger partial charge in [-0.3, -0.25) is 10.4 Å². The normalized spacial score (nSPS) is 24.5. The molecule has 0 amide bonds. The molecule has 1 aliphatic heterocycles. The standard InChI is InChI=1S/C17H16N4OS2/c1-10-4-14(12-5-11(6-18)7-20-8-12)23-15(10)13-9-24(22)17(2-3-17)16(19)21-13/h4-5,7-8,13H,2-3,9H2,1H3,(H2,19,21). The molecule has 5 nitrogen and oxygen atoms in total. The Balaban J connectivity index is 1.64. The monoisotopic (exact) mass is 356 g/mol. The number of hydrogen-bond donors (Lipinski definition) is 2. The number of amidine groups is 1. The Labute approximate surface area is 147 Å². The summed E-state index contributed by atoms with van der Waals surface area (Å²) in [6.45, 7) is 2.03.